The van der Waals surface area contributed by atoms with E-state index in [4.69, 9.17) is 0 Å². The first-order valence-corrected chi connectivity index (χ1v) is 8.96. The minimum absolute atomic E-state index is 0.138. The number of nitrogens with one attached hydrogen (secondary N) is 2. The van der Waals surface area contributed by atoms with Gasteiger partial charge in [0.05, 0.1) is 0 Å². The molecule has 2 N–H and O–H groups in total. The molecule has 1 saturated carbocycles. The molecule has 1 aromatic carbocycles. The van der Waals surface area contributed by atoms with Gasteiger partial charge in [0, 0.05) is 30.0 Å². The van der Waals surface area contributed by atoms with Crippen LogP contribution in [-0.4, -0.2) is 16.9 Å². The lowest BCUT2D eigenvalue weighted by Gasteiger charge is -2.16. The van der Waals surface area contributed by atoms with Crippen molar-refractivity contribution in [3.63, 3.8) is 0 Å². The molecule has 3 rings (SSSR count). The summed E-state index contributed by atoms with van der Waals surface area (Å²) in [4.78, 5) is 16.6. The number of hydrogen-bond donors (Lipinski definition) is 2. The van der Waals surface area contributed by atoms with Gasteiger partial charge in [0.2, 0.25) is 0 Å². The molecule has 1 fully saturated rings. The SMILES string of the molecule is O=C(NC1CCCCCC1)c1cc(NCc2ccccc2F)ccn1. The van der Waals surface area contributed by atoms with Crippen LogP contribution in [0.3, 0.4) is 0 Å². The number of carbonyl (C=O) groups is 1. The molecule has 0 bridgehead atoms. The van der Waals surface area contributed by atoms with Gasteiger partial charge in [-0.2, -0.15) is 0 Å². The van der Waals surface area contributed by atoms with Crippen LogP contribution in [0.1, 0.15) is 54.6 Å². The molecule has 4 nitrogen and oxygen atoms in total. The number of aromatic nitrogens is 1. The van der Waals surface area contributed by atoms with Crippen molar-refractivity contribution in [3.8, 4) is 0 Å². The highest BCUT2D eigenvalue weighted by Gasteiger charge is 2.16. The fourth-order valence-corrected chi connectivity index (χ4v) is 3.19. The predicted octanol–water partition coefficient (Wildman–Crippen LogP) is 4.29. The topological polar surface area (TPSA) is 54.0 Å². The van der Waals surface area contributed by atoms with Crippen LogP contribution in [0, 0.1) is 5.82 Å². The molecule has 0 atom stereocenters. The van der Waals surface area contributed by atoms with Gasteiger partial charge in [-0.1, -0.05) is 43.9 Å². The fourth-order valence-electron chi connectivity index (χ4n) is 3.19. The van der Waals surface area contributed by atoms with E-state index >= 15 is 0 Å². The van der Waals surface area contributed by atoms with Crippen molar-refractivity contribution in [2.75, 3.05) is 5.32 Å². The van der Waals surface area contributed by atoms with E-state index in [2.05, 4.69) is 15.6 Å². The van der Waals surface area contributed by atoms with Gasteiger partial charge in [0.1, 0.15) is 11.5 Å². The van der Waals surface area contributed by atoms with Gasteiger partial charge in [-0.3, -0.25) is 9.78 Å². The Balaban J connectivity index is 1.60. The van der Waals surface area contributed by atoms with Crippen molar-refractivity contribution < 1.29 is 9.18 Å². The highest BCUT2D eigenvalue weighted by Crippen LogP contribution is 2.18. The number of hydrogen-bond acceptors (Lipinski definition) is 3. The average molecular weight is 341 g/mol. The second kappa shape index (κ2) is 8.60. The summed E-state index contributed by atoms with van der Waals surface area (Å²) in [6, 6.07) is 10.4. The third kappa shape index (κ3) is 5.02. The summed E-state index contributed by atoms with van der Waals surface area (Å²) < 4.78 is 13.7. The Hall–Kier alpha value is -2.43. The molecular formula is C20H24FN3O. The molecule has 1 aromatic heterocycles. The molecule has 1 amide bonds. The predicted molar refractivity (Wildman–Crippen MR) is 96.9 cm³/mol. The Morgan fingerprint density at radius 2 is 1.88 bits per heavy atom. The monoisotopic (exact) mass is 341 g/mol. The maximum Gasteiger partial charge on any atom is 0.270 e. The second-order valence-corrected chi connectivity index (χ2v) is 6.54. The third-order valence-electron chi connectivity index (χ3n) is 4.62. The zero-order valence-corrected chi connectivity index (χ0v) is 14.3. The Bertz CT molecular complexity index is 712. The Kier molecular flexibility index (Phi) is 5.99. The summed E-state index contributed by atoms with van der Waals surface area (Å²) in [5.41, 5.74) is 1.73. The Morgan fingerprint density at radius 3 is 2.64 bits per heavy atom. The zero-order chi connectivity index (χ0) is 17.5. The average Bonchev–Trinajstić information content (AvgIpc) is 2.90. The number of rotatable bonds is 5. The minimum atomic E-state index is -0.240. The van der Waals surface area contributed by atoms with E-state index < -0.39 is 0 Å². The molecule has 25 heavy (non-hydrogen) atoms. The molecule has 5 heteroatoms. The summed E-state index contributed by atoms with van der Waals surface area (Å²) in [5, 5.41) is 6.25. The van der Waals surface area contributed by atoms with E-state index in [0.717, 1.165) is 18.5 Å². The van der Waals surface area contributed by atoms with Crippen LogP contribution >= 0.6 is 0 Å². The first kappa shape index (κ1) is 17.4. The number of pyridine rings is 1. The van der Waals surface area contributed by atoms with Gasteiger partial charge >= 0.3 is 0 Å². The molecule has 0 saturated heterocycles. The van der Waals surface area contributed by atoms with Crippen LogP contribution in [-0.2, 0) is 6.54 Å². The Morgan fingerprint density at radius 1 is 1.12 bits per heavy atom. The molecule has 2 aromatic rings. The summed E-state index contributed by atoms with van der Waals surface area (Å²) in [6.45, 7) is 0.361. The lowest BCUT2D eigenvalue weighted by atomic mass is 10.1. The molecular weight excluding hydrogens is 317 g/mol. The quantitative estimate of drug-likeness (QED) is 0.798. The highest BCUT2D eigenvalue weighted by atomic mass is 19.1. The standard InChI is InChI=1S/C20H24FN3O/c21-18-10-6-5-7-15(18)14-23-17-11-12-22-19(13-17)20(25)24-16-8-3-1-2-4-9-16/h5-7,10-13,16H,1-4,8-9,14H2,(H,22,23)(H,24,25). The van der Waals surface area contributed by atoms with Crippen molar-refractivity contribution >= 4 is 11.6 Å². The maximum atomic E-state index is 13.7. The number of halogens is 1. The van der Waals surface area contributed by atoms with E-state index in [1.165, 1.54) is 31.7 Å². The van der Waals surface area contributed by atoms with Crippen molar-refractivity contribution in [2.45, 2.75) is 51.1 Å². The minimum Gasteiger partial charge on any atom is -0.381 e. The number of carbonyl (C=O) groups excluding carboxylic acids is 1. The van der Waals surface area contributed by atoms with E-state index in [1.54, 1.807) is 36.5 Å². The van der Waals surface area contributed by atoms with Crippen molar-refractivity contribution in [1.29, 1.82) is 0 Å². The first-order chi connectivity index (χ1) is 12.2. The third-order valence-corrected chi connectivity index (χ3v) is 4.62. The van der Waals surface area contributed by atoms with Crippen molar-refractivity contribution in [2.24, 2.45) is 0 Å². The summed E-state index contributed by atoms with van der Waals surface area (Å²) >= 11 is 0. The largest absolute Gasteiger partial charge is 0.381 e. The van der Waals surface area contributed by atoms with Crippen LogP contribution in [0.2, 0.25) is 0 Å². The smallest absolute Gasteiger partial charge is 0.270 e. The van der Waals surface area contributed by atoms with Gasteiger partial charge in [-0.25, -0.2) is 4.39 Å². The van der Waals surface area contributed by atoms with Gasteiger partial charge < -0.3 is 10.6 Å². The molecule has 0 aliphatic heterocycles. The van der Waals surface area contributed by atoms with Crippen LogP contribution in [0.15, 0.2) is 42.6 Å². The molecule has 0 unspecified atom stereocenters. The van der Waals surface area contributed by atoms with Crippen LogP contribution < -0.4 is 10.6 Å². The van der Waals surface area contributed by atoms with E-state index in [9.17, 15) is 9.18 Å². The molecule has 0 spiro atoms. The van der Waals surface area contributed by atoms with E-state index in [-0.39, 0.29) is 17.8 Å². The maximum absolute atomic E-state index is 13.7. The number of amides is 1. The van der Waals surface area contributed by atoms with Crippen LogP contribution in [0.5, 0.6) is 0 Å². The van der Waals surface area contributed by atoms with Crippen LogP contribution in [0.25, 0.3) is 0 Å². The molecule has 0 radical (unpaired) electrons. The summed E-state index contributed by atoms with van der Waals surface area (Å²) in [6.07, 6.45) is 8.52. The lowest BCUT2D eigenvalue weighted by Crippen LogP contribution is -2.34. The molecule has 1 aliphatic carbocycles. The Labute approximate surface area is 147 Å². The van der Waals surface area contributed by atoms with Crippen molar-refractivity contribution in [1.82, 2.24) is 10.3 Å². The number of benzene rings is 1. The first-order valence-electron chi connectivity index (χ1n) is 8.96. The molecule has 1 heterocycles. The highest BCUT2D eigenvalue weighted by molar-refractivity contribution is 5.93. The van der Waals surface area contributed by atoms with Gasteiger partial charge in [-0.15, -0.1) is 0 Å². The molecule has 132 valence electrons. The van der Waals surface area contributed by atoms with Crippen molar-refractivity contribution in [3.05, 3.63) is 59.7 Å². The van der Waals surface area contributed by atoms with Gasteiger partial charge in [0.25, 0.3) is 5.91 Å². The van der Waals surface area contributed by atoms with Crippen LogP contribution in [0.4, 0.5) is 10.1 Å². The normalized spacial score (nSPS) is 15.4. The van der Waals surface area contributed by atoms with Gasteiger partial charge in [0.15, 0.2) is 0 Å². The fraction of sp³-hybridized carbons (Fsp3) is 0.400. The number of anilines is 1. The summed E-state index contributed by atoms with van der Waals surface area (Å²) in [5.74, 6) is -0.378. The van der Waals surface area contributed by atoms with Gasteiger partial charge in [-0.05, 0) is 31.0 Å². The number of nitrogens with zero attached hydrogens (tertiary/aromatic N) is 1. The summed E-state index contributed by atoms with van der Waals surface area (Å²) in [7, 11) is 0. The molecule has 1 aliphatic rings. The van der Waals surface area contributed by atoms with E-state index in [0.29, 0.717) is 17.8 Å². The second-order valence-electron chi connectivity index (χ2n) is 6.54. The lowest BCUT2D eigenvalue weighted by molar-refractivity contribution is 0.0928. The van der Waals surface area contributed by atoms with E-state index in [1.807, 2.05) is 0 Å². The zero-order valence-electron chi connectivity index (χ0n) is 14.3.